The number of alkyl halides is 3. The highest BCUT2D eigenvalue weighted by Crippen LogP contribution is 2.30. The van der Waals surface area contributed by atoms with Gasteiger partial charge in [0.2, 0.25) is 0 Å². The molecular weight excluding hydrogens is 241 g/mol. The fraction of sp³-hybridized carbons (Fsp3) is 0.100. The minimum Gasteiger partial charge on any atom is -0.273 e. The lowest BCUT2D eigenvalue weighted by molar-refractivity contribution is -0.141. The number of halogens is 4. The lowest BCUT2D eigenvalue weighted by atomic mass is 10.1. The van der Waals surface area contributed by atoms with Crippen molar-refractivity contribution in [3.63, 3.8) is 0 Å². The maximum Gasteiger partial charge on any atom is 0.432 e. The van der Waals surface area contributed by atoms with Gasteiger partial charge in [-0.3, -0.25) is 5.10 Å². The van der Waals surface area contributed by atoms with Crippen molar-refractivity contribution in [3.05, 3.63) is 41.0 Å². The quantitative estimate of drug-likeness (QED) is 0.816. The third kappa shape index (κ3) is 2.19. The molecular formula is C10H6ClF3N2. The molecule has 0 aliphatic heterocycles. The molecule has 0 amide bonds. The van der Waals surface area contributed by atoms with Crippen LogP contribution in [-0.4, -0.2) is 10.2 Å². The Kier molecular flexibility index (Phi) is 2.63. The molecule has 84 valence electrons. The van der Waals surface area contributed by atoms with Crippen LogP contribution in [0.25, 0.3) is 11.3 Å². The maximum absolute atomic E-state index is 12.3. The molecule has 1 N–H and O–H groups in total. The number of rotatable bonds is 1. The molecule has 0 spiro atoms. The molecule has 0 atom stereocenters. The second-order valence-corrected chi connectivity index (χ2v) is 3.61. The molecule has 2 aromatic rings. The van der Waals surface area contributed by atoms with Crippen LogP contribution < -0.4 is 0 Å². The van der Waals surface area contributed by atoms with Crippen LogP contribution >= 0.6 is 11.6 Å². The summed E-state index contributed by atoms with van der Waals surface area (Å²) in [5.41, 5.74) is -0.0439. The van der Waals surface area contributed by atoms with Gasteiger partial charge >= 0.3 is 6.18 Å². The van der Waals surface area contributed by atoms with Crippen LogP contribution in [0, 0.1) is 0 Å². The van der Waals surface area contributed by atoms with E-state index in [0.717, 1.165) is 6.07 Å². The Labute approximate surface area is 94.1 Å². The minimum absolute atomic E-state index is 0.240. The van der Waals surface area contributed by atoms with Gasteiger partial charge in [-0.2, -0.15) is 18.3 Å². The first-order valence-corrected chi connectivity index (χ1v) is 4.73. The van der Waals surface area contributed by atoms with Gasteiger partial charge in [0.05, 0.1) is 5.69 Å². The molecule has 1 aromatic heterocycles. The van der Waals surface area contributed by atoms with Crippen molar-refractivity contribution in [1.29, 1.82) is 0 Å². The smallest absolute Gasteiger partial charge is 0.273 e. The van der Waals surface area contributed by atoms with Gasteiger partial charge in [-0.25, -0.2) is 0 Å². The predicted octanol–water partition coefficient (Wildman–Crippen LogP) is 3.75. The van der Waals surface area contributed by atoms with E-state index in [4.69, 9.17) is 11.6 Å². The third-order valence-corrected chi connectivity index (χ3v) is 2.28. The lowest BCUT2D eigenvalue weighted by Gasteiger charge is -2.00. The van der Waals surface area contributed by atoms with E-state index in [1.807, 2.05) is 5.10 Å². The average Bonchev–Trinajstić information content (AvgIpc) is 2.67. The Hall–Kier alpha value is -1.49. The molecule has 2 rings (SSSR count). The van der Waals surface area contributed by atoms with Crippen molar-refractivity contribution in [2.45, 2.75) is 6.18 Å². The van der Waals surface area contributed by atoms with E-state index in [2.05, 4.69) is 5.10 Å². The molecule has 0 aliphatic carbocycles. The summed E-state index contributed by atoms with van der Waals surface area (Å²) in [5.74, 6) is 0. The summed E-state index contributed by atoms with van der Waals surface area (Å²) < 4.78 is 36.9. The molecule has 0 unspecified atom stereocenters. The van der Waals surface area contributed by atoms with Gasteiger partial charge in [0.15, 0.2) is 0 Å². The Morgan fingerprint density at radius 1 is 1.12 bits per heavy atom. The molecule has 1 aromatic carbocycles. The zero-order valence-electron chi connectivity index (χ0n) is 7.85. The molecule has 2 nitrogen and oxygen atoms in total. The highest BCUT2D eigenvalue weighted by molar-refractivity contribution is 6.30. The van der Waals surface area contributed by atoms with Gasteiger partial charge < -0.3 is 0 Å². The van der Waals surface area contributed by atoms with Gasteiger partial charge in [-0.15, -0.1) is 0 Å². The second kappa shape index (κ2) is 3.83. The molecule has 0 bridgehead atoms. The standard InChI is InChI=1S/C10H6ClF3N2/c11-7-3-1-6(2-4-7)8-5-9(16-15-8)10(12,13)14/h1-5H,(H,15,16). The number of hydrogen-bond donors (Lipinski definition) is 1. The number of nitrogens with one attached hydrogen (secondary N) is 1. The van der Waals surface area contributed by atoms with Crippen LogP contribution in [0.15, 0.2) is 30.3 Å². The van der Waals surface area contributed by atoms with Gasteiger partial charge in [-0.1, -0.05) is 23.7 Å². The Bertz CT molecular complexity index is 488. The first kappa shape index (κ1) is 11.0. The van der Waals surface area contributed by atoms with E-state index >= 15 is 0 Å². The molecule has 1 heterocycles. The van der Waals surface area contributed by atoms with Crippen LogP contribution in [0.1, 0.15) is 5.69 Å². The molecule has 0 saturated carbocycles. The first-order valence-electron chi connectivity index (χ1n) is 4.35. The number of benzene rings is 1. The van der Waals surface area contributed by atoms with Crippen molar-refractivity contribution >= 4 is 11.6 Å². The SMILES string of the molecule is FC(F)(F)c1cc(-c2ccc(Cl)cc2)n[nH]1. The molecule has 0 radical (unpaired) electrons. The summed E-state index contributed by atoms with van der Waals surface area (Å²) in [4.78, 5) is 0. The van der Waals surface area contributed by atoms with E-state index < -0.39 is 11.9 Å². The Morgan fingerprint density at radius 2 is 1.75 bits per heavy atom. The number of H-pyrrole nitrogens is 1. The first-order chi connectivity index (χ1) is 7.47. The van der Waals surface area contributed by atoms with Crippen molar-refractivity contribution in [2.24, 2.45) is 0 Å². The molecule has 0 saturated heterocycles. The molecule has 0 aliphatic rings. The van der Waals surface area contributed by atoms with Crippen molar-refractivity contribution in [2.75, 3.05) is 0 Å². The summed E-state index contributed by atoms with van der Waals surface area (Å²) in [7, 11) is 0. The summed E-state index contributed by atoms with van der Waals surface area (Å²) in [6.07, 6.45) is -4.41. The highest BCUT2D eigenvalue weighted by atomic mass is 35.5. The monoisotopic (exact) mass is 246 g/mol. The summed E-state index contributed by atoms with van der Waals surface area (Å²) in [6.45, 7) is 0. The summed E-state index contributed by atoms with van der Waals surface area (Å²) in [6, 6.07) is 7.37. The van der Waals surface area contributed by atoms with Crippen LogP contribution in [-0.2, 0) is 6.18 Å². The fourth-order valence-electron chi connectivity index (χ4n) is 1.24. The lowest BCUT2D eigenvalue weighted by Crippen LogP contribution is -2.04. The van der Waals surface area contributed by atoms with Gasteiger partial charge in [-0.05, 0) is 18.2 Å². The van der Waals surface area contributed by atoms with Crippen molar-refractivity contribution < 1.29 is 13.2 Å². The number of nitrogens with zero attached hydrogens (tertiary/aromatic N) is 1. The number of aromatic nitrogens is 2. The highest BCUT2D eigenvalue weighted by Gasteiger charge is 2.33. The van der Waals surface area contributed by atoms with Crippen molar-refractivity contribution in [3.8, 4) is 11.3 Å². The minimum atomic E-state index is -4.41. The van der Waals surface area contributed by atoms with Crippen LogP contribution in [0.3, 0.4) is 0 Å². The van der Waals surface area contributed by atoms with E-state index in [0.29, 0.717) is 10.6 Å². The average molecular weight is 247 g/mol. The Morgan fingerprint density at radius 3 is 2.25 bits per heavy atom. The number of hydrogen-bond acceptors (Lipinski definition) is 1. The number of aromatic amines is 1. The summed E-state index contributed by atoms with van der Waals surface area (Å²) in [5, 5.41) is 6.07. The normalized spacial score (nSPS) is 11.8. The third-order valence-electron chi connectivity index (χ3n) is 2.02. The maximum atomic E-state index is 12.3. The zero-order valence-corrected chi connectivity index (χ0v) is 8.60. The van der Waals surface area contributed by atoms with Crippen LogP contribution in [0.5, 0.6) is 0 Å². The van der Waals surface area contributed by atoms with Gasteiger partial charge in [0.1, 0.15) is 5.69 Å². The van der Waals surface area contributed by atoms with E-state index in [9.17, 15) is 13.2 Å². The topological polar surface area (TPSA) is 28.7 Å². The molecule has 6 heteroatoms. The Balaban J connectivity index is 2.35. The second-order valence-electron chi connectivity index (χ2n) is 3.17. The summed E-state index contributed by atoms with van der Waals surface area (Å²) >= 11 is 5.67. The predicted molar refractivity (Wildman–Crippen MR) is 54.0 cm³/mol. The van der Waals surface area contributed by atoms with Crippen LogP contribution in [0.2, 0.25) is 5.02 Å². The van der Waals surface area contributed by atoms with Gasteiger partial charge in [0, 0.05) is 10.6 Å². The zero-order chi connectivity index (χ0) is 11.8. The van der Waals surface area contributed by atoms with E-state index in [1.54, 1.807) is 24.3 Å². The van der Waals surface area contributed by atoms with Gasteiger partial charge in [0.25, 0.3) is 0 Å². The van der Waals surface area contributed by atoms with E-state index in [1.165, 1.54) is 0 Å². The molecule has 16 heavy (non-hydrogen) atoms. The van der Waals surface area contributed by atoms with E-state index in [-0.39, 0.29) is 5.69 Å². The molecule has 0 fully saturated rings. The van der Waals surface area contributed by atoms with Crippen LogP contribution in [0.4, 0.5) is 13.2 Å². The largest absolute Gasteiger partial charge is 0.432 e. The fourth-order valence-corrected chi connectivity index (χ4v) is 1.36. The van der Waals surface area contributed by atoms with Crippen molar-refractivity contribution in [1.82, 2.24) is 10.2 Å².